The van der Waals surface area contributed by atoms with Gasteiger partial charge in [-0.3, -0.25) is 19.3 Å². The van der Waals surface area contributed by atoms with Crippen LogP contribution in [0.4, 0.5) is 5.69 Å². The average molecular weight is 507 g/mol. The summed E-state index contributed by atoms with van der Waals surface area (Å²) < 4.78 is 1.23. The highest BCUT2D eigenvalue weighted by Gasteiger charge is 2.35. The van der Waals surface area contributed by atoms with Gasteiger partial charge in [-0.05, 0) is 38.1 Å². The van der Waals surface area contributed by atoms with Crippen LogP contribution in [0.5, 0.6) is 0 Å². The topological polar surface area (TPSA) is 104 Å². The zero-order chi connectivity index (χ0) is 25.2. The molecule has 1 fully saturated rings. The molecule has 10 heteroatoms. The van der Waals surface area contributed by atoms with E-state index in [1.165, 1.54) is 17.5 Å². The second kappa shape index (κ2) is 10.4. The van der Waals surface area contributed by atoms with Crippen LogP contribution in [0.3, 0.4) is 0 Å². The Hall–Kier alpha value is -3.31. The van der Waals surface area contributed by atoms with Gasteiger partial charge in [0.2, 0.25) is 11.6 Å². The number of ketones is 2. The molecule has 1 aliphatic heterocycles. The number of nitrogens with zero attached hydrogens (tertiary/aromatic N) is 4. The van der Waals surface area contributed by atoms with Crippen molar-refractivity contribution in [3.05, 3.63) is 70.0 Å². The lowest BCUT2D eigenvalue weighted by atomic mass is 9.90. The van der Waals surface area contributed by atoms with Gasteiger partial charge in [-0.1, -0.05) is 24.3 Å². The summed E-state index contributed by atoms with van der Waals surface area (Å²) in [6.07, 6.45) is 0.823. The molecular formula is C26H30N6O3S. The van der Waals surface area contributed by atoms with Crippen molar-refractivity contribution >= 4 is 38.8 Å². The molecule has 3 aromatic rings. The van der Waals surface area contributed by atoms with E-state index in [0.717, 1.165) is 54.8 Å². The lowest BCUT2D eigenvalue weighted by molar-refractivity contribution is -0.100. The van der Waals surface area contributed by atoms with Crippen LogP contribution in [-0.2, 0) is 4.84 Å². The maximum atomic E-state index is 13.1. The second-order valence-corrected chi connectivity index (χ2v) is 10.2. The monoisotopic (exact) mass is 506 g/mol. The minimum absolute atomic E-state index is 0.0305. The second-order valence-electron chi connectivity index (χ2n) is 8.93. The Morgan fingerprint density at radius 3 is 2.53 bits per heavy atom. The molecule has 2 aliphatic rings. The van der Waals surface area contributed by atoms with Gasteiger partial charge < -0.3 is 10.2 Å². The summed E-state index contributed by atoms with van der Waals surface area (Å²) in [7, 11) is 1.36. The molecule has 188 valence electrons. The van der Waals surface area contributed by atoms with Gasteiger partial charge in [-0.15, -0.1) is 11.3 Å². The van der Waals surface area contributed by atoms with Gasteiger partial charge in [0.15, 0.2) is 5.70 Å². The molecule has 3 N–H and O–H groups in total. The van der Waals surface area contributed by atoms with Crippen LogP contribution in [0.15, 0.2) is 53.9 Å². The molecule has 0 bridgehead atoms. The minimum Gasteiger partial charge on any atom is -0.380 e. The van der Waals surface area contributed by atoms with Crippen molar-refractivity contribution in [1.82, 2.24) is 20.4 Å². The summed E-state index contributed by atoms with van der Waals surface area (Å²) in [5.41, 5.74) is 3.23. The third-order valence-electron chi connectivity index (χ3n) is 6.68. The van der Waals surface area contributed by atoms with E-state index in [9.17, 15) is 9.59 Å². The van der Waals surface area contributed by atoms with Crippen molar-refractivity contribution in [2.24, 2.45) is 5.84 Å². The Balaban J connectivity index is 1.16. The van der Waals surface area contributed by atoms with Crippen LogP contribution < -0.4 is 16.1 Å². The van der Waals surface area contributed by atoms with Crippen molar-refractivity contribution in [2.45, 2.75) is 13.3 Å². The number of hydrazine groups is 1. The summed E-state index contributed by atoms with van der Waals surface area (Å²) in [4.78, 5) is 40.6. The number of hydrogen-bond donors (Lipinski definition) is 2. The van der Waals surface area contributed by atoms with Gasteiger partial charge in [-0.2, -0.15) is 5.17 Å². The molecule has 0 spiro atoms. The van der Waals surface area contributed by atoms with E-state index in [2.05, 4.69) is 38.3 Å². The maximum absolute atomic E-state index is 13.1. The summed E-state index contributed by atoms with van der Waals surface area (Å²) in [5.74, 6) is 5.30. The minimum atomic E-state index is -0.333. The van der Waals surface area contributed by atoms with Gasteiger partial charge >= 0.3 is 0 Å². The SMILES string of the molecule is CON(N)C1=C(NCCCN2CCN(c3ccc4nc(C)sc4c3)CC2)C(=O)c2ccccc2C1=O. The summed E-state index contributed by atoms with van der Waals surface area (Å²) >= 11 is 1.73. The molecule has 1 aromatic heterocycles. The Kier molecular flexibility index (Phi) is 7.01. The fraction of sp³-hybridized carbons (Fsp3) is 0.346. The molecular weight excluding hydrogens is 476 g/mol. The van der Waals surface area contributed by atoms with E-state index in [4.69, 9.17) is 10.7 Å². The molecule has 2 aromatic carbocycles. The van der Waals surface area contributed by atoms with E-state index in [1.807, 2.05) is 6.92 Å². The Morgan fingerprint density at radius 2 is 1.81 bits per heavy atom. The number of allylic oxidation sites excluding steroid dienone is 2. The molecule has 5 rings (SSSR count). The molecule has 1 aliphatic carbocycles. The van der Waals surface area contributed by atoms with E-state index in [0.29, 0.717) is 17.7 Å². The normalized spacial score (nSPS) is 16.6. The van der Waals surface area contributed by atoms with Crippen LogP contribution in [0.1, 0.15) is 32.1 Å². The van der Waals surface area contributed by atoms with Crippen molar-refractivity contribution in [3.63, 3.8) is 0 Å². The number of anilines is 1. The number of piperazine rings is 1. The van der Waals surface area contributed by atoms with Gasteiger partial charge in [0.1, 0.15) is 5.70 Å². The van der Waals surface area contributed by atoms with Crippen molar-refractivity contribution in [1.29, 1.82) is 0 Å². The number of carbonyl (C=O) groups excluding carboxylic acids is 2. The number of nitrogens with one attached hydrogen (secondary N) is 1. The quantitative estimate of drug-likeness (QED) is 0.271. The van der Waals surface area contributed by atoms with Gasteiger partial charge in [-0.25, -0.2) is 10.8 Å². The van der Waals surface area contributed by atoms with Gasteiger partial charge in [0, 0.05) is 49.5 Å². The number of nitrogens with two attached hydrogens (primary N) is 1. The average Bonchev–Trinajstić information content (AvgIpc) is 3.28. The molecule has 0 amide bonds. The lowest BCUT2D eigenvalue weighted by Gasteiger charge is -2.36. The number of hydroxylamine groups is 1. The van der Waals surface area contributed by atoms with Crippen LogP contribution in [-0.4, -0.2) is 73.0 Å². The molecule has 9 nitrogen and oxygen atoms in total. The molecule has 0 unspecified atom stereocenters. The summed E-state index contributed by atoms with van der Waals surface area (Å²) in [6, 6.07) is 13.3. The first-order valence-electron chi connectivity index (χ1n) is 12.1. The molecule has 1 saturated heterocycles. The number of benzene rings is 2. The standard InChI is InChI=1S/C26H30N6O3S/c1-17-29-21-9-8-18(16-22(21)36-17)31-14-12-30(13-15-31)11-5-10-28-23-24(32(27)35-2)26(34)20-7-4-3-6-19(20)25(23)33/h3-4,6-9,16,28H,5,10-15,27H2,1-2H3. The first-order chi connectivity index (χ1) is 17.5. The Labute approximate surface area is 214 Å². The molecule has 36 heavy (non-hydrogen) atoms. The van der Waals surface area contributed by atoms with Crippen LogP contribution in [0.2, 0.25) is 0 Å². The number of aryl methyl sites for hydroxylation is 1. The first-order valence-corrected chi connectivity index (χ1v) is 12.9. The molecule has 0 atom stereocenters. The van der Waals surface area contributed by atoms with Gasteiger partial charge in [0.05, 0.1) is 22.3 Å². The molecule has 2 heterocycles. The van der Waals surface area contributed by atoms with Crippen LogP contribution in [0, 0.1) is 6.92 Å². The van der Waals surface area contributed by atoms with E-state index in [1.54, 1.807) is 35.6 Å². The highest BCUT2D eigenvalue weighted by atomic mass is 32.1. The van der Waals surface area contributed by atoms with Crippen molar-refractivity contribution < 1.29 is 14.4 Å². The predicted molar refractivity (Wildman–Crippen MR) is 141 cm³/mol. The van der Waals surface area contributed by atoms with Crippen LogP contribution >= 0.6 is 11.3 Å². The number of fused-ring (bicyclic) bond motifs is 2. The lowest BCUT2D eigenvalue weighted by Crippen LogP contribution is -2.47. The highest BCUT2D eigenvalue weighted by Crippen LogP contribution is 2.28. The largest absolute Gasteiger partial charge is 0.380 e. The zero-order valence-electron chi connectivity index (χ0n) is 20.5. The fourth-order valence-electron chi connectivity index (χ4n) is 4.80. The highest BCUT2D eigenvalue weighted by molar-refractivity contribution is 7.18. The molecule has 0 radical (unpaired) electrons. The van der Waals surface area contributed by atoms with Crippen molar-refractivity contribution in [3.8, 4) is 0 Å². The fourth-order valence-corrected chi connectivity index (χ4v) is 5.66. The van der Waals surface area contributed by atoms with E-state index < -0.39 is 0 Å². The number of aromatic nitrogens is 1. The number of thiazole rings is 1. The number of Topliss-reactive ketones (excluding diaryl/α,β-unsaturated/α-hetero) is 2. The van der Waals surface area contributed by atoms with E-state index in [-0.39, 0.29) is 23.0 Å². The number of rotatable bonds is 8. The summed E-state index contributed by atoms with van der Waals surface area (Å²) in [5, 5.41) is 5.12. The maximum Gasteiger partial charge on any atom is 0.216 e. The number of hydrogen-bond acceptors (Lipinski definition) is 10. The Morgan fingerprint density at radius 1 is 1.08 bits per heavy atom. The van der Waals surface area contributed by atoms with E-state index >= 15 is 0 Å². The third-order valence-corrected chi connectivity index (χ3v) is 7.62. The van der Waals surface area contributed by atoms with Crippen LogP contribution in [0.25, 0.3) is 10.2 Å². The molecule has 0 saturated carbocycles. The smallest absolute Gasteiger partial charge is 0.216 e. The zero-order valence-corrected chi connectivity index (χ0v) is 21.3. The van der Waals surface area contributed by atoms with Crippen molar-refractivity contribution in [2.75, 3.05) is 51.3 Å². The first kappa shape index (κ1) is 24.4. The Bertz CT molecular complexity index is 1330. The number of carbonyl (C=O) groups is 2. The summed E-state index contributed by atoms with van der Waals surface area (Å²) in [6.45, 7) is 7.35. The predicted octanol–water partition coefficient (Wildman–Crippen LogP) is 2.73. The third kappa shape index (κ3) is 4.72. The van der Waals surface area contributed by atoms with Gasteiger partial charge in [0.25, 0.3) is 0 Å².